The second kappa shape index (κ2) is 5.96. The molecular formula is C17H24O4. The van der Waals surface area contributed by atoms with E-state index in [4.69, 9.17) is 9.47 Å². The quantitative estimate of drug-likeness (QED) is 0.832. The molecule has 1 saturated carbocycles. The van der Waals surface area contributed by atoms with Crippen molar-refractivity contribution in [2.24, 2.45) is 11.3 Å². The van der Waals surface area contributed by atoms with E-state index in [1.165, 1.54) is 0 Å². The Balaban J connectivity index is 2.26. The van der Waals surface area contributed by atoms with Crippen LogP contribution in [0.2, 0.25) is 0 Å². The van der Waals surface area contributed by atoms with Crippen molar-refractivity contribution >= 4 is 5.97 Å². The molecule has 1 aromatic rings. The smallest absolute Gasteiger partial charge is 0.307 e. The molecule has 1 aliphatic carbocycles. The highest BCUT2D eigenvalue weighted by Gasteiger charge is 2.62. The summed E-state index contributed by atoms with van der Waals surface area (Å²) in [6.45, 7) is 9.18. The van der Waals surface area contributed by atoms with Crippen molar-refractivity contribution < 1.29 is 19.4 Å². The third kappa shape index (κ3) is 2.99. The van der Waals surface area contributed by atoms with E-state index < -0.39 is 5.97 Å². The largest absolute Gasteiger partial charge is 0.490 e. The molecular weight excluding hydrogens is 268 g/mol. The summed E-state index contributed by atoms with van der Waals surface area (Å²) in [5, 5.41) is 9.31. The minimum absolute atomic E-state index is 0.0365. The maximum absolute atomic E-state index is 11.3. The average molecular weight is 292 g/mol. The SMILES string of the molecule is CCCOc1ccc(C2C(C(=O)O)C2(C)C)cc1OCC. The van der Waals surface area contributed by atoms with Crippen LogP contribution in [0.3, 0.4) is 0 Å². The van der Waals surface area contributed by atoms with Crippen molar-refractivity contribution in [1.82, 2.24) is 0 Å². The van der Waals surface area contributed by atoms with Crippen LogP contribution < -0.4 is 9.47 Å². The number of benzene rings is 1. The lowest BCUT2D eigenvalue weighted by Gasteiger charge is -2.13. The molecule has 21 heavy (non-hydrogen) atoms. The Hall–Kier alpha value is -1.71. The van der Waals surface area contributed by atoms with Crippen molar-refractivity contribution in [2.75, 3.05) is 13.2 Å². The lowest BCUT2D eigenvalue weighted by atomic mass is 10.0. The second-order valence-corrected chi connectivity index (χ2v) is 6.10. The zero-order valence-electron chi connectivity index (χ0n) is 13.2. The van der Waals surface area contributed by atoms with Gasteiger partial charge in [0.15, 0.2) is 11.5 Å². The van der Waals surface area contributed by atoms with Gasteiger partial charge in [-0.1, -0.05) is 26.8 Å². The van der Waals surface area contributed by atoms with Crippen LogP contribution >= 0.6 is 0 Å². The minimum Gasteiger partial charge on any atom is -0.490 e. The highest BCUT2D eigenvalue weighted by atomic mass is 16.5. The van der Waals surface area contributed by atoms with Gasteiger partial charge in [0.1, 0.15) is 0 Å². The van der Waals surface area contributed by atoms with Gasteiger partial charge in [-0.25, -0.2) is 0 Å². The molecule has 1 fully saturated rings. The molecule has 1 aliphatic rings. The van der Waals surface area contributed by atoms with Crippen molar-refractivity contribution in [3.05, 3.63) is 23.8 Å². The van der Waals surface area contributed by atoms with Gasteiger partial charge in [-0.3, -0.25) is 4.79 Å². The third-order valence-electron chi connectivity index (χ3n) is 4.18. The Morgan fingerprint density at radius 3 is 2.48 bits per heavy atom. The molecule has 1 aromatic carbocycles. The summed E-state index contributed by atoms with van der Waals surface area (Å²) >= 11 is 0. The zero-order valence-corrected chi connectivity index (χ0v) is 13.2. The Kier molecular flexibility index (Phi) is 4.45. The summed E-state index contributed by atoms with van der Waals surface area (Å²) in [6, 6.07) is 5.79. The molecule has 1 N–H and O–H groups in total. The maximum Gasteiger partial charge on any atom is 0.307 e. The van der Waals surface area contributed by atoms with Gasteiger partial charge in [0.2, 0.25) is 0 Å². The molecule has 0 aromatic heterocycles. The molecule has 0 spiro atoms. The number of hydrogen-bond donors (Lipinski definition) is 1. The molecule has 0 bridgehead atoms. The van der Waals surface area contributed by atoms with E-state index >= 15 is 0 Å². The van der Waals surface area contributed by atoms with Crippen LogP contribution in [0.5, 0.6) is 11.5 Å². The predicted molar refractivity (Wildman–Crippen MR) is 81.0 cm³/mol. The summed E-state index contributed by atoms with van der Waals surface area (Å²) in [4.78, 5) is 11.3. The van der Waals surface area contributed by atoms with E-state index in [0.29, 0.717) is 19.0 Å². The molecule has 0 heterocycles. The Morgan fingerprint density at radius 1 is 1.24 bits per heavy atom. The fraction of sp³-hybridized carbons (Fsp3) is 0.588. The van der Waals surface area contributed by atoms with E-state index in [1.807, 2.05) is 39.0 Å². The lowest BCUT2D eigenvalue weighted by Crippen LogP contribution is -2.03. The first-order valence-electron chi connectivity index (χ1n) is 7.55. The lowest BCUT2D eigenvalue weighted by molar-refractivity contribution is -0.139. The molecule has 4 nitrogen and oxygen atoms in total. The fourth-order valence-corrected chi connectivity index (χ4v) is 3.04. The molecule has 4 heteroatoms. The van der Waals surface area contributed by atoms with Crippen LogP contribution in [-0.4, -0.2) is 24.3 Å². The van der Waals surface area contributed by atoms with E-state index in [-0.39, 0.29) is 17.3 Å². The fourth-order valence-electron chi connectivity index (χ4n) is 3.04. The van der Waals surface area contributed by atoms with E-state index in [0.717, 1.165) is 17.7 Å². The van der Waals surface area contributed by atoms with Crippen LogP contribution in [0.1, 0.15) is 45.6 Å². The van der Waals surface area contributed by atoms with Gasteiger partial charge in [-0.15, -0.1) is 0 Å². The molecule has 116 valence electrons. The van der Waals surface area contributed by atoms with Crippen molar-refractivity contribution in [3.8, 4) is 11.5 Å². The molecule has 2 rings (SSSR count). The number of hydrogen-bond acceptors (Lipinski definition) is 3. The Morgan fingerprint density at radius 2 is 1.95 bits per heavy atom. The highest BCUT2D eigenvalue weighted by Crippen LogP contribution is 2.64. The van der Waals surface area contributed by atoms with Gasteiger partial charge in [-0.2, -0.15) is 0 Å². The number of aliphatic carboxylic acids is 1. The highest BCUT2D eigenvalue weighted by molar-refractivity contribution is 5.77. The number of rotatable bonds is 7. The predicted octanol–water partition coefficient (Wildman–Crippen LogP) is 3.70. The molecule has 0 saturated heterocycles. The summed E-state index contributed by atoms with van der Waals surface area (Å²) in [7, 11) is 0. The van der Waals surface area contributed by atoms with Crippen molar-refractivity contribution in [3.63, 3.8) is 0 Å². The van der Waals surface area contributed by atoms with Gasteiger partial charge < -0.3 is 14.6 Å². The van der Waals surface area contributed by atoms with Crippen LogP contribution in [-0.2, 0) is 4.79 Å². The first-order valence-corrected chi connectivity index (χ1v) is 7.55. The normalized spacial score (nSPS) is 22.7. The summed E-state index contributed by atoms with van der Waals surface area (Å²) in [6.07, 6.45) is 0.935. The topological polar surface area (TPSA) is 55.8 Å². The van der Waals surface area contributed by atoms with Gasteiger partial charge in [0.05, 0.1) is 19.1 Å². The Bertz CT molecular complexity index is 522. The van der Waals surface area contributed by atoms with Crippen LogP contribution in [0.4, 0.5) is 0 Å². The van der Waals surface area contributed by atoms with Gasteiger partial charge in [0, 0.05) is 5.92 Å². The van der Waals surface area contributed by atoms with Crippen LogP contribution in [0.15, 0.2) is 18.2 Å². The maximum atomic E-state index is 11.3. The van der Waals surface area contributed by atoms with Gasteiger partial charge >= 0.3 is 5.97 Å². The Labute approximate surface area is 126 Å². The van der Waals surface area contributed by atoms with Crippen LogP contribution in [0.25, 0.3) is 0 Å². The van der Waals surface area contributed by atoms with E-state index in [2.05, 4.69) is 6.92 Å². The average Bonchev–Trinajstić information content (AvgIpc) is 3.01. The molecule has 2 unspecified atom stereocenters. The van der Waals surface area contributed by atoms with Crippen molar-refractivity contribution in [1.29, 1.82) is 0 Å². The standard InChI is InChI=1S/C17H24O4/c1-5-9-21-12-8-7-11(10-13(12)20-6-2)14-15(16(18)19)17(14,3)4/h7-8,10,14-15H,5-6,9H2,1-4H3,(H,18,19). The van der Waals surface area contributed by atoms with Crippen LogP contribution in [0, 0.1) is 11.3 Å². The monoisotopic (exact) mass is 292 g/mol. The van der Waals surface area contributed by atoms with E-state index in [1.54, 1.807) is 0 Å². The third-order valence-corrected chi connectivity index (χ3v) is 4.18. The number of carboxylic acids is 1. The van der Waals surface area contributed by atoms with E-state index in [9.17, 15) is 9.90 Å². The summed E-state index contributed by atoms with van der Waals surface area (Å²) < 4.78 is 11.3. The molecule has 2 atom stereocenters. The minimum atomic E-state index is -0.728. The summed E-state index contributed by atoms with van der Waals surface area (Å²) in [5.74, 6) is 0.418. The van der Waals surface area contributed by atoms with Gasteiger partial charge in [-0.05, 0) is 36.5 Å². The molecule has 0 aliphatic heterocycles. The number of ether oxygens (including phenoxy) is 2. The van der Waals surface area contributed by atoms with Crippen molar-refractivity contribution in [2.45, 2.75) is 40.0 Å². The number of carboxylic acid groups (broad SMARTS) is 1. The molecule has 0 radical (unpaired) electrons. The molecule has 0 amide bonds. The first kappa shape index (κ1) is 15.7. The number of carbonyl (C=O) groups is 1. The second-order valence-electron chi connectivity index (χ2n) is 6.10. The zero-order chi connectivity index (χ0) is 15.6. The van der Waals surface area contributed by atoms with Gasteiger partial charge in [0.25, 0.3) is 0 Å². The first-order chi connectivity index (χ1) is 9.93. The summed E-state index contributed by atoms with van der Waals surface area (Å²) in [5.41, 5.74) is 0.806.